The first-order valence-corrected chi connectivity index (χ1v) is 12.0. The lowest BCUT2D eigenvalue weighted by Gasteiger charge is -2.22. The second kappa shape index (κ2) is 11.1. The molecule has 2 heterocycles. The van der Waals surface area contributed by atoms with Crippen LogP contribution in [0.5, 0.6) is 0 Å². The van der Waals surface area contributed by atoms with Crippen LogP contribution in [0.2, 0.25) is 0 Å². The molecular weight excluding hydrogens is 426 g/mol. The Hall–Kier alpha value is -3.45. The van der Waals surface area contributed by atoms with Gasteiger partial charge < -0.3 is 9.88 Å². The summed E-state index contributed by atoms with van der Waals surface area (Å²) >= 11 is 0. The number of amides is 1. The number of carbonyl (C=O) groups is 1. The van der Waals surface area contributed by atoms with Gasteiger partial charge in [-0.15, -0.1) is 0 Å². The summed E-state index contributed by atoms with van der Waals surface area (Å²) in [5.41, 5.74) is 2.59. The van der Waals surface area contributed by atoms with Crippen LogP contribution in [0, 0.1) is 0 Å². The number of carbonyl (C=O) groups excluding carboxylic acids is 1. The van der Waals surface area contributed by atoms with Gasteiger partial charge in [0.1, 0.15) is 12.1 Å². The van der Waals surface area contributed by atoms with Gasteiger partial charge in [0.15, 0.2) is 0 Å². The van der Waals surface area contributed by atoms with Gasteiger partial charge in [0.25, 0.3) is 5.56 Å². The second-order valence-corrected chi connectivity index (χ2v) is 8.76. The maximum Gasteiger partial charge on any atom is 0.291 e. The van der Waals surface area contributed by atoms with Crippen LogP contribution in [-0.2, 0) is 24.9 Å². The highest BCUT2D eigenvalue weighted by atomic mass is 16.2. The monoisotopic (exact) mass is 459 g/mol. The van der Waals surface area contributed by atoms with E-state index in [4.69, 9.17) is 0 Å². The minimum Gasteiger partial charge on any atom is -0.354 e. The third kappa shape index (κ3) is 5.37. The zero-order chi connectivity index (χ0) is 23.9. The van der Waals surface area contributed by atoms with Crippen molar-refractivity contribution in [3.05, 3.63) is 76.7 Å². The van der Waals surface area contributed by atoms with Gasteiger partial charge in [0.2, 0.25) is 5.91 Å². The van der Waals surface area contributed by atoms with E-state index in [1.807, 2.05) is 41.9 Å². The topological polar surface area (TPSA) is 72.2 Å². The van der Waals surface area contributed by atoms with E-state index in [0.29, 0.717) is 12.1 Å². The number of aryl methyl sites for hydroxylation is 1. The highest BCUT2D eigenvalue weighted by molar-refractivity contribution is 6.07. The molecule has 0 fully saturated rings. The number of para-hydroxylation sites is 1. The molecule has 0 unspecified atom stereocenters. The molecule has 0 atom stereocenters. The molecule has 0 aliphatic carbocycles. The highest BCUT2D eigenvalue weighted by Gasteiger charge is 2.15. The Kier molecular flexibility index (Phi) is 7.75. The molecule has 4 aromatic rings. The Morgan fingerprint density at radius 1 is 1.00 bits per heavy atom. The predicted octanol–water partition coefficient (Wildman–Crippen LogP) is 3.70. The molecule has 7 heteroatoms. The molecule has 178 valence electrons. The molecule has 1 amide bonds. The Morgan fingerprint density at radius 2 is 1.74 bits per heavy atom. The number of nitrogens with one attached hydrogen (secondary N) is 1. The summed E-state index contributed by atoms with van der Waals surface area (Å²) in [6.07, 6.45) is 4.85. The van der Waals surface area contributed by atoms with Crippen molar-refractivity contribution in [2.24, 2.45) is 7.05 Å². The Balaban J connectivity index is 1.33. The molecule has 34 heavy (non-hydrogen) atoms. The van der Waals surface area contributed by atoms with Crippen LogP contribution >= 0.6 is 0 Å². The van der Waals surface area contributed by atoms with Crippen LogP contribution in [0.25, 0.3) is 21.8 Å². The van der Waals surface area contributed by atoms with Gasteiger partial charge in [-0.05, 0) is 31.0 Å². The fraction of sp³-hybridized carbons (Fsp3) is 0.370. The lowest BCUT2D eigenvalue weighted by molar-refractivity contribution is -0.121. The fourth-order valence-corrected chi connectivity index (χ4v) is 4.44. The number of nitrogens with zero attached hydrogens (tertiary/aromatic N) is 4. The molecule has 0 aliphatic rings. The van der Waals surface area contributed by atoms with E-state index in [-0.39, 0.29) is 18.0 Å². The third-order valence-electron chi connectivity index (χ3n) is 6.25. The molecule has 0 bridgehead atoms. The van der Waals surface area contributed by atoms with Gasteiger partial charge in [-0.25, -0.2) is 4.68 Å². The van der Waals surface area contributed by atoms with Crippen LogP contribution in [0.15, 0.2) is 65.6 Å². The van der Waals surface area contributed by atoms with E-state index in [1.165, 1.54) is 10.2 Å². The zero-order valence-corrected chi connectivity index (χ0v) is 20.0. The average molecular weight is 460 g/mol. The average Bonchev–Trinajstić information content (AvgIpc) is 3.15. The van der Waals surface area contributed by atoms with Gasteiger partial charge >= 0.3 is 0 Å². The third-order valence-corrected chi connectivity index (χ3v) is 6.25. The first-order chi connectivity index (χ1) is 16.6. The summed E-state index contributed by atoms with van der Waals surface area (Å²) in [5.74, 6) is -0.198. The number of aromatic nitrogens is 3. The minimum absolute atomic E-state index is 0.0835. The highest BCUT2D eigenvalue weighted by Crippen LogP contribution is 2.24. The quantitative estimate of drug-likeness (QED) is 0.347. The van der Waals surface area contributed by atoms with E-state index in [1.54, 1.807) is 6.20 Å². The van der Waals surface area contributed by atoms with E-state index < -0.39 is 0 Å². The van der Waals surface area contributed by atoms with Crippen LogP contribution < -0.4 is 10.9 Å². The molecule has 1 N–H and O–H groups in total. The molecule has 7 nitrogen and oxygen atoms in total. The normalized spacial score (nSPS) is 11.5. The number of hydrogen-bond acceptors (Lipinski definition) is 4. The van der Waals surface area contributed by atoms with E-state index in [0.717, 1.165) is 55.2 Å². The summed E-state index contributed by atoms with van der Waals surface area (Å²) in [5, 5.41) is 9.02. The smallest absolute Gasteiger partial charge is 0.291 e. The number of fused-ring (bicyclic) bond motifs is 3. The molecule has 0 aliphatic heterocycles. The predicted molar refractivity (Wildman–Crippen MR) is 137 cm³/mol. The van der Waals surface area contributed by atoms with Crippen molar-refractivity contribution in [3.63, 3.8) is 0 Å². The van der Waals surface area contributed by atoms with Gasteiger partial charge in [-0.3, -0.25) is 14.5 Å². The van der Waals surface area contributed by atoms with Crippen LogP contribution in [0.3, 0.4) is 0 Å². The minimum atomic E-state index is -0.250. The summed E-state index contributed by atoms with van der Waals surface area (Å²) in [6.45, 7) is 5.56. The molecule has 0 radical (unpaired) electrons. The Bertz CT molecular complexity index is 1310. The van der Waals surface area contributed by atoms with Crippen LogP contribution in [0.4, 0.5) is 0 Å². The number of hydrogen-bond donors (Lipinski definition) is 1. The molecule has 0 saturated heterocycles. The van der Waals surface area contributed by atoms with Gasteiger partial charge in [0.05, 0.1) is 6.20 Å². The standard InChI is InChI=1S/C27H33N5O2/c1-3-4-16-31(19-21-11-6-5-7-12-21)17-10-15-28-25(33)20-32-27(34)26-23(18-29-32)22-13-8-9-14-24(22)30(26)2/h5-9,11-14,18H,3-4,10,15-17,19-20H2,1-2H3,(H,28,33). The number of benzene rings is 2. The van der Waals surface area contributed by atoms with Crippen LogP contribution in [-0.4, -0.2) is 44.8 Å². The molecule has 0 saturated carbocycles. The van der Waals surface area contributed by atoms with Crippen molar-refractivity contribution >= 4 is 27.7 Å². The molecule has 0 spiro atoms. The zero-order valence-electron chi connectivity index (χ0n) is 20.0. The summed E-state index contributed by atoms with van der Waals surface area (Å²) in [7, 11) is 1.87. The lowest BCUT2D eigenvalue weighted by Crippen LogP contribution is -2.35. The van der Waals surface area contributed by atoms with Crippen LogP contribution in [0.1, 0.15) is 31.7 Å². The van der Waals surface area contributed by atoms with Crippen molar-refractivity contribution in [3.8, 4) is 0 Å². The Labute approximate surface area is 200 Å². The first-order valence-electron chi connectivity index (χ1n) is 12.0. The lowest BCUT2D eigenvalue weighted by atomic mass is 10.2. The van der Waals surface area contributed by atoms with Crippen molar-refractivity contribution < 1.29 is 4.79 Å². The number of rotatable bonds is 11. The SMILES string of the molecule is CCCCN(CCCNC(=O)Cn1ncc2c3ccccc3n(C)c2c1=O)Cc1ccccc1. The largest absolute Gasteiger partial charge is 0.354 e. The van der Waals surface area contributed by atoms with Crippen molar-refractivity contribution in [2.45, 2.75) is 39.3 Å². The summed E-state index contributed by atoms with van der Waals surface area (Å²) in [4.78, 5) is 28.0. The Morgan fingerprint density at radius 3 is 2.53 bits per heavy atom. The van der Waals surface area contributed by atoms with Crippen molar-refractivity contribution in [2.75, 3.05) is 19.6 Å². The van der Waals surface area contributed by atoms with Gasteiger partial charge in [0, 0.05) is 43.0 Å². The summed E-state index contributed by atoms with van der Waals surface area (Å²) < 4.78 is 3.13. The summed E-state index contributed by atoms with van der Waals surface area (Å²) in [6, 6.07) is 18.3. The number of unbranched alkanes of at least 4 members (excludes halogenated alkanes) is 1. The first kappa shape index (κ1) is 23.7. The van der Waals surface area contributed by atoms with E-state index >= 15 is 0 Å². The van der Waals surface area contributed by atoms with Crippen molar-refractivity contribution in [1.82, 2.24) is 24.6 Å². The second-order valence-electron chi connectivity index (χ2n) is 8.76. The molecule has 4 rings (SSSR count). The maximum atomic E-state index is 13.0. The maximum absolute atomic E-state index is 13.0. The molecule has 2 aromatic carbocycles. The molecular formula is C27H33N5O2. The fourth-order valence-electron chi connectivity index (χ4n) is 4.44. The molecule has 2 aromatic heterocycles. The van der Waals surface area contributed by atoms with E-state index in [2.05, 4.69) is 46.5 Å². The van der Waals surface area contributed by atoms with Gasteiger partial charge in [-0.2, -0.15) is 5.10 Å². The van der Waals surface area contributed by atoms with Crippen molar-refractivity contribution in [1.29, 1.82) is 0 Å². The van der Waals surface area contributed by atoms with Gasteiger partial charge in [-0.1, -0.05) is 61.9 Å². The van der Waals surface area contributed by atoms with E-state index in [9.17, 15) is 9.59 Å².